The summed E-state index contributed by atoms with van der Waals surface area (Å²) in [6.07, 6.45) is 0. The summed E-state index contributed by atoms with van der Waals surface area (Å²) < 4.78 is 26.1. The van der Waals surface area contributed by atoms with Crippen LogP contribution in [0, 0.1) is 18.6 Å². The maximum Gasteiger partial charge on any atom is 0.234 e. The minimum atomic E-state index is -0.358. The third-order valence-electron chi connectivity index (χ3n) is 4.24. The van der Waals surface area contributed by atoms with E-state index in [-0.39, 0.29) is 23.3 Å². The molecule has 0 aliphatic carbocycles. The number of amides is 1. The highest BCUT2D eigenvalue weighted by molar-refractivity contribution is 7.99. The third kappa shape index (κ3) is 5.31. The quantitative estimate of drug-likeness (QED) is 0.385. The van der Waals surface area contributed by atoms with Crippen LogP contribution in [0.5, 0.6) is 0 Å². The van der Waals surface area contributed by atoms with E-state index in [0.717, 1.165) is 21.1 Å². The van der Waals surface area contributed by atoms with Crippen molar-refractivity contribution >= 4 is 34.7 Å². The molecule has 9 heteroatoms. The number of nitrogens with one attached hydrogen (secondary N) is 1. The van der Waals surface area contributed by atoms with E-state index in [1.807, 2.05) is 13.0 Å². The normalized spacial score (nSPS) is 10.8. The first-order chi connectivity index (χ1) is 15.0. The zero-order valence-electron chi connectivity index (χ0n) is 16.3. The van der Waals surface area contributed by atoms with E-state index >= 15 is 0 Å². The van der Waals surface area contributed by atoms with Gasteiger partial charge in [-0.2, -0.15) is 0 Å². The summed E-state index contributed by atoms with van der Waals surface area (Å²) in [5, 5.41) is 12.6. The van der Waals surface area contributed by atoms with Gasteiger partial charge in [-0.1, -0.05) is 11.8 Å². The summed E-state index contributed by atoms with van der Waals surface area (Å²) in [4.78, 5) is 17.5. The number of aromatic nitrogens is 3. The molecule has 0 bridgehead atoms. The van der Waals surface area contributed by atoms with Gasteiger partial charge in [0.25, 0.3) is 0 Å². The predicted molar refractivity (Wildman–Crippen MR) is 119 cm³/mol. The van der Waals surface area contributed by atoms with Crippen LogP contribution in [0.4, 0.5) is 14.5 Å². The molecule has 4 aromatic rings. The summed E-state index contributed by atoms with van der Waals surface area (Å²) in [5.41, 5.74) is 2.88. The number of aryl methyl sites for hydroxylation is 1. The first-order valence-corrected chi connectivity index (χ1v) is 11.0. The fourth-order valence-corrected chi connectivity index (χ4v) is 4.39. The molecule has 0 atom stereocenters. The fourth-order valence-electron chi connectivity index (χ4n) is 2.74. The van der Waals surface area contributed by atoms with Crippen LogP contribution in [0.2, 0.25) is 0 Å². The fraction of sp³-hybridized carbons (Fsp3) is 0.0909. The molecule has 0 saturated carbocycles. The van der Waals surface area contributed by atoms with E-state index in [1.54, 1.807) is 18.2 Å². The molecular weight excluding hydrogens is 438 g/mol. The van der Waals surface area contributed by atoms with Crippen molar-refractivity contribution in [2.24, 2.45) is 0 Å². The minimum Gasteiger partial charge on any atom is -0.325 e. The van der Waals surface area contributed by atoms with Crippen LogP contribution in [-0.2, 0) is 4.79 Å². The number of thioether (sulfide) groups is 1. The molecule has 2 heterocycles. The van der Waals surface area contributed by atoms with Gasteiger partial charge in [0, 0.05) is 11.3 Å². The van der Waals surface area contributed by atoms with Crippen LogP contribution in [0.1, 0.15) is 5.69 Å². The van der Waals surface area contributed by atoms with Gasteiger partial charge in [-0.3, -0.25) is 4.79 Å². The van der Waals surface area contributed by atoms with Crippen LogP contribution < -0.4 is 5.32 Å². The smallest absolute Gasteiger partial charge is 0.234 e. The van der Waals surface area contributed by atoms with Gasteiger partial charge >= 0.3 is 0 Å². The van der Waals surface area contributed by atoms with Gasteiger partial charge in [-0.15, -0.1) is 21.5 Å². The molecule has 0 fully saturated rings. The van der Waals surface area contributed by atoms with E-state index in [9.17, 15) is 13.6 Å². The average Bonchev–Trinajstić information content (AvgIpc) is 3.16. The average molecular weight is 455 g/mol. The van der Waals surface area contributed by atoms with Gasteiger partial charge in [0.15, 0.2) is 0 Å². The van der Waals surface area contributed by atoms with Crippen LogP contribution in [0.25, 0.3) is 21.1 Å². The van der Waals surface area contributed by atoms with Crippen molar-refractivity contribution in [3.63, 3.8) is 0 Å². The number of carbonyl (C=O) groups excluding carboxylic acids is 1. The van der Waals surface area contributed by atoms with E-state index in [1.165, 1.54) is 59.5 Å². The van der Waals surface area contributed by atoms with Crippen LogP contribution in [0.15, 0.2) is 65.7 Å². The second kappa shape index (κ2) is 9.32. The van der Waals surface area contributed by atoms with Crippen molar-refractivity contribution < 1.29 is 13.6 Å². The monoisotopic (exact) mass is 454 g/mol. The van der Waals surface area contributed by atoms with Crippen molar-refractivity contribution in [2.75, 3.05) is 11.1 Å². The van der Waals surface area contributed by atoms with Crippen molar-refractivity contribution in [3.05, 3.63) is 78.0 Å². The van der Waals surface area contributed by atoms with Crippen molar-refractivity contribution in [1.82, 2.24) is 15.2 Å². The lowest BCUT2D eigenvalue weighted by molar-refractivity contribution is -0.113. The molecular formula is C22H16F2N4OS2. The molecule has 0 saturated heterocycles. The molecule has 2 aromatic carbocycles. The number of hydrogen-bond acceptors (Lipinski definition) is 6. The Kier molecular flexibility index (Phi) is 6.34. The van der Waals surface area contributed by atoms with E-state index < -0.39 is 0 Å². The number of carbonyl (C=O) groups is 1. The molecule has 0 spiro atoms. The molecule has 156 valence electrons. The molecule has 0 unspecified atom stereocenters. The van der Waals surface area contributed by atoms with Gasteiger partial charge in [-0.05, 0) is 67.6 Å². The minimum absolute atomic E-state index is 0.152. The number of anilines is 1. The maximum atomic E-state index is 13.2. The lowest BCUT2D eigenvalue weighted by atomic mass is 10.2. The van der Waals surface area contributed by atoms with Crippen LogP contribution in [-0.4, -0.2) is 26.8 Å². The van der Waals surface area contributed by atoms with Crippen molar-refractivity contribution in [3.8, 4) is 21.1 Å². The van der Waals surface area contributed by atoms with Crippen molar-refractivity contribution in [2.45, 2.75) is 11.9 Å². The molecule has 1 N–H and O–H groups in total. The Morgan fingerprint density at radius 1 is 0.968 bits per heavy atom. The Hall–Kier alpha value is -3.17. The largest absolute Gasteiger partial charge is 0.325 e. The summed E-state index contributed by atoms with van der Waals surface area (Å²) >= 11 is 2.72. The lowest BCUT2D eigenvalue weighted by Crippen LogP contribution is -2.14. The SMILES string of the molecule is Cc1nc(-c2ccc(F)cc2)sc1-c1ccc(SCC(=O)Nc2ccc(F)cc2)nn1. The Bertz CT molecular complexity index is 1190. The number of rotatable bonds is 6. The molecule has 31 heavy (non-hydrogen) atoms. The zero-order valence-corrected chi connectivity index (χ0v) is 17.9. The lowest BCUT2D eigenvalue weighted by Gasteiger charge is -2.05. The van der Waals surface area contributed by atoms with Crippen LogP contribution in [0.3, 0.4) is 0 Å². The predicted octanol–water partition coefficient (Wildman–Crippen LogP) is 5.58. The standard InChI is InChI=1S/C22H16F2N4OS2/c1-13-21(31-22(25-13)14-2-4-15(23)5-3-14)18-10-11-20(28-27-18)30-12-19(29)26-17-8-6-16(24)7-9-17/h2-11H,12H2,1H3,(H,26,29). The Balaban J connectivity index is 1.39. The number of benzene rings is 2. The second-order valence-electron chi connectivity index (χ2n) is 6.54. The third-order valence-corrected chi connectivity index (χ3v) is 6.39. The van der Waals surface area contributed by atoms with Gasteiger partial charge in [-0.25, -0.2) is 13.8 Å². The Morgan fingerprint density at radius 3 is 2.29 bits per heavy atom. The van der Waals surface area contributed by atoms with E-state index in [4.69, 9.17) is 0 Å². The highest BCUT2D eigenvalue weighted by Crippen LogP contribution is 2.34. The summed E-state index contributed by atoms with van der Waals surface area (Å²) in [6, 6.07) is 15.4. The summed E-state index contributed by atoms with van der Waals surface area (Å²) in [6.45, 7) is 1.89. The maximum absolute atomic E-state index is 13.2. The molecule has 2 aromatic heterocycles. The molecule has 1 amide bonds. The summed E-state index contributed by atoms with van der Waals surface area (Å²) in [5.74, 6) is -0.712. The Morgan fingerprint density at radius 2 is 1.65 bits per heavy atom. The molecule has 0 aliphatic rings. The molecule has 0 radical (unpaired) electrons. The number of thiazole rings is 1. The van der Waals surface area contributed by atoms with Gasteiger partial charge < -0.3 is 5.32 Å². The van der Waals surface area contributed by atoms with E-state index in [2.05, 4.69) is 20.5 Å². The second-order valence-corrected chi connectivity index (χ2v) is 8.54. The van der Waals surface area contributed by atoms with E-state index in [0.29, 0.717) is 16.4 Å². The molecule has 4 rings (SSSR count). The Labute approximate surface area is 185 Å². The number of halogens is 2. The highest BCUT2D eigenvalue weighted by Gasteiger charge is 2.13. The number of hydrogen-bond donors (Lipinski definition) is 1. The first-order valence-electron chi connectivity index (χ1n) is 9.23. The highest BCUT2D eigenvalue weighted by atomic mass is 32.2. The number of nitrogens with zero attached hydrogens (tertiary/aromatic N) is 3. The van der Waals surface area contributed by atoms with Gasteiger partial charge in [0.2, 0.25) is 5.91 Å². The topological polar surface area (TPSA) is 67.8 Å². The summed E-state index contributed by atoms with van der Waals surface area (Å²) in [7, 11) is 0. The molecule has 5 nitrogen and oxygen atoms in total. The first kappa shape index (κ1) is 21.1. The van der Waals surface area contributed by atoms with Gasteiger partial charge in [0.05, 0.1) is 16.3 Å². The van der Waals surface area contributed by atoms with Crippen molar-refractivity contribution in [1.29, 1.82) is 0 Å². The zero-order chi connectivity index (χ0) is 21.8. The van der Waals surface area contributed by atoms with Gasteiger partial charge in [0.1, 0.15) is 27.4 Å². The molecule has 0 aliphatic heterocycles. The van der Waals surface area contributed by atoms with Crippen LogP contribution >= 0.6 is 23.1 Å².